The molecule has 1 unspecified atom stereocenters. The van der Waals surface area contributed by atoms with Crippen molar-refractivity contribution in [3.63, 3.8) is 0 Å². The van der Waals surface area contributed by atoms with Gasteiger partial charge in [-0.1, -0.05) is 18.2 Å². The maximum atomic E-state index is 13.3. The summed E-state index contributed by atoms with van der Waals surface area (Å²) >= 11 is 0. The van der Waals surface area contributed by atoms with Crippen LogP contribution in [0.25, 0.3) is 0 Å². The number of amides is 1. The maximum absolute atomic E-state index is 13.3. The van der Waals surface area contributed by atoms with Crippen molar-refractivity contribution in [3.8, 4) is 5.75 Å². The van der Waals surface area contributed by atoms with Crippen LogP contribution in [0.15, 0.2) is 61.2 Å². The molecule has 3 aromatic rings. The number of carbonyl (C=O) groups excluding carboxylic acids is 1. The zero-order valence-electron chi connectivity index (χ0n) is 18.2. The number of aromatic amines is 1. The molecule has 2 aliphatic rings. The lowest BCUT2D eigenvalue weighted by Gasteiger charge is -2.43. The fourth-order valence-electron chi connectivity index (χ4n) is 4.97. The number of aromatic nitrogens is 3. The molecule has 0 saturated carbocycles. The van der Waals surface area contributed by atoms with E-state index in [1.807, 2.05) is 47.4 Å². The number of pyridine rings is 1. The Kier molecular flexibility index (Phi) is 6.16. The van der Waals surface area contributed by atoms with Gasteiger partial charge in [-0.15, -0.1) is 0 Å². The normalized spacial score (nSPS) is 19.5. The van der Waals surface area contributed by atoms with Crippen LogP contribution in [0.3, 0.4) is 0 Å². The summed E-state index contributed by atoms with van der Waals surface area (Å²) in [5.74, 6) is 1.36. The van der Waals surface area contributed by atoms with Crippen LogP contribution in [0.2, 0.25) is 0 Å². The van der Waals surface area contributed by atoms with Gasteiger partial charge in [-0.05, 0) is 56.1 Å². The fraction of sp³-hybridized carbons (Fsp3) is 0.400. The molecule has 0 radical (unpaired) electrons. The number of rotatable bonds is 6. The lowest BCUT2D eigenvalue weighted by atomic mass is 9.83. The van der Waals surface area contributed by atoms with Gasteiger partial charge in [-0.3, -0.25) is 14.7 Å². The van der Waals surface area contributed by atoms with E-state index in [2.05, 4.69) is 19.9 Å². The van der Waals surface area contributed by atoms with Crippen molar-refractivity contribution in [3.05, 3.63) is 78.1 Å². The fourth-order valence-corrected chi connectivity index (χ4v) is 4.97. The van der Waals surface area contributed by atoms with Gasteiger partial charge in [0.2, 0.25) is 0 Å². The van der Waals surface area contributed by atoms with E-state index in [1.54, 1.807) is 18.7 Å². The predicted molar refractivity (Wildman–Crippen MR) is 121 cm³/mol. The Morgan fingerprint density at radius 2 is 1.94 bits per heavy atom. The molecule has 7 heteroatoms. The molecule has 1 atom stereocenters. The average molecular weight is 432 g/mol. The van der Waals surface area contributed by atoms with Crippen LogP contribution >= 0.6 is 0 Å². The van der Waals surface area contributed by atoms with Crippen LogP contribution in [0.4, 0.5) is 0 Å². The van der Waals surface area contributed by atoms with Crippen molar-refractivity contribution in [1.29, 1.82) is 0 Å². The largest absolute Gasteiger partial charge is 0.492 e. The van der Waals surface area contributed by atoms with Crippen LogP contribution in [-0.4, -0.2) is 63.4 Å². The van der Waals surface area contributed by atoms with Gasteiger partial charge >= 0.3 is 0 Å². The summed E-state index contributed by atoms with van der Waals surface area (Å²) in [6.07, 6.45) is 8.03. The van der Waals surface area contributed by atoms with E-state index in [0.717, 1.165) is 50.3 Å². The molecule has 2 aliphatic heterocycles. The molecule has 0 spiro atoms. The standard InChI is InChI=1S/C25H29N5O2/c31-25(20-5-4-11-26-17-20)30-14-10-22-23(28-18-27-22)24(30)19-8-12-29(13-9-19)15-16-32-21-6-2-1-3-7-21/h1-7,11,17-19,24H,8-10,12-16H2,(H,27,28). The minimum Gasteiger partial charge on any atom is -0.492 e. The second-order valence-electron chi connectivity index (χ2n) is 8.54. The van der Waals surface area contributed by atoms with E-state index in [0.29, 0.717) is 24.6 Å². The molecule has 7 nitrogen and oxygen atoms in total. The van der Waals surface area contributed by atoms with Gasteiger partial charge in [0.15, 0.2) is 0 Å². The summed E-state index contributed by atoms with van der Waals surface area (Å²) in [5, 5.41) is 0. The third-order valence-corrected chi connectivity index (χ3v) is 6.64. The summed E-state index contributed by atoms with van der Waals surface area (Å²) in [5.41, 5.74) is 2.86. The summed E-state index contributed by atoms with van der Waals surface area (Å²) in [6.45, 7) is 4.33. The Bertz CT molecular complexity index is 1020. The number of piperidine rings is 1. The highest BCUT2D eigenvalue weighted by Gasteiger charge is 2.39. The molecule has 166 valence electrons. The molecule has 5 rings (SSSR count). The predicted octanol–water partition coefficient (Wildman–Crippen LogP) is 3.34. The SMILES string of the molecule is O=C(c1cccnc1)N1CCc2[nH]cnc2C1C1CCN(CCOc2ccccc2)CC1. The second-order valence-corrected chi connectivity index (χ2v) is 8.54. The number of likely N-dealkylation sites (tertiary alicyclic amines) is 1. The van der Waals surface area contributed by atoms with Crippen molar-refractivity contribution in [1.82, 2.24) is 24.8 Å². The van der Waals surface area contributed by atoms with Gasteiger partial charge in [-0.2, -0.15) is 0 Å². The molecule has 1 amide bonds. The molecule has 1 fully saturated rings. The van der Waals surface area contributed by atoms with Crippen molar-refractivity contribution in [2.24, 2.45) is 5.92 Å². The summed E-state index contributed by atoms with van der Waals surface area (Å²) in [7, 11) is 0. The minimum atomic E-state index is 0.0143. The molecule has 2 aromatic heterocycles. The van der Waals surface area contributed by atoms with Gasteiger partial charge < -0.3 is 14.6 Å². The first-order valence-corrected chi connectivity index (χ1v) is 11.4. The Morgan fingerprint density at radius 3 is 2.72 bits per heavy atom. The number of nitrogens with one attached hydrogen (secondary N) is 1. The zero-order valence-corrected chi connectivity index (χ0v) is 18.2. The molecule has 0 aliphatic carbocycles. The number of hydrogen-bond donors (Lipinski definition) is 1. The van der Waals surface area contributed by atoms with Crippen LogP contribution in [0.5, 0.6) is 5.75 Å². The number of nitrogens with zero attached hydrogens (tertiary/aromatic N) is 4. The molecule has 1 N–H and O–H groups in total. The third kappa shape index (κ3) is 4.39. The maximum Gasteiger partial charge on any atom is 0.256 e. The van der Waals surface area contributed by atoms with E-state index < -0.39 is 0 Å². The number of carbonyl (C=O) groups is 1. The third-order valence-electron chi connectivity index (χ3n) is 6.64. The zero-order chi connectivity index (χ0) is 21.8. The average Bonchev–Trinajstić information content (AvgIpc) is 3.34. The highest BCUT2D eigenvalue weighted by Crippen LogP contribution is 2.39. The topological polar surface area (TPSA) is 74.4 Å². The number of H-pyrrole nitrogens is 1. The Balaban J connectivity index is 1.24. The number of imidazole rings is 1. The molecule has 1 saturated heterocycles. The van der Waals surface area contributed by atoms with Crippen molar-refractivity contribution >= 4 is 5.91 Å². The molecular weight excluding hydrogens is 402 g/mol. The number of ether oxygens (including phenoxy) is 1. The quantitative estimate of drug-likeness (QED) is 0.648. The highest BCUT2D eigenvalue weighted by molar-refractivity contribution is 5.94. The number of hydrogen-bond acceptors (Lipinski definition) is 5. The number of benzene rings is 1. The molecular formula is C25H29N5O2. The number of fused-ring (bicyclic) bond motifs is 1. The first-order valence-electron chi connectivity index (χ1n) is 11.4. The van der Waals surface area contributed by atoms with E-state index in [9.17, 15) is 4.79 Å². The van der Waals surface area contributed by atoms with Gasteiger partial charge in [-0.25, -0.2) is 4.98 Å². The Morgan fingerprint density at radius 1 is 1.09 bits per heavy atom. The van der Waals surface area contributed by atoms with Crippen molar-refractivity contribution < 1.29 is 9.53 Å². The van der Waals surface area contributed by atoms with E-state index >= 15 is 0 Å². The van der Waals surface area contributed by atoms with Crippen LogP contribution in [0, 0.1) is 5.92 Å². The molecule has 4 heterocycles. The highest BCUT2D eigenvalue weighted by atomic mass is 16.5. The minimum absolute atomic E-state index is 0.0143. The number of para-hydroxylation sites is 1. The van der Waals surface area contributed by atoms with Gasteiger partial charge in [0, 0.05) is 37.6 Å². The van der Waals surface area contributed by atoms with E-state index in [4.69, 9.17) is 4.74 Å². The summed E-state index contributed by atoms with van der Waals surface area (Å²) in [4.78, 5) is 29.9. The van der Waals surface area contributed by atoms with Crippen molar-refractivity contribution in [2.75, 3.05) is 32.8 Å². The van der Waals surface area contributed by atoms with Gasteiger partial charge in [0.25, 0.3) is 5.91 Å². The first kappa shape index (κ1) is 20.7. The summed E-state index contributed by atoms with van der Waals surface area (Å²) < 4.78 is 5.87. The molecule has 0 bridgehead atoms. The monoisotopic (exact) mass is 431 g/mol. The molecule has 1 aromatic carbocycles. The van der Waals surface area contributed by atoms with E-state index in [1.165, 1.54) is 5.69 Å². The van der Waals surface area contributed by atoms with E-state index in [-0.39, 0.29) is 11.9 Å². The van der Waals surface area contributed by atoms with Gasteiger partial charge in [0.1, 0.15) is 12.4 Å². The first-order chi connectivity index (χ1) is 15.8. The lowest BCUT2D eigenvalue weighted by molar-refractivity contribution is 0.0461. The van der Waals surface area contributed by atoms with Crippen LogP contribution in [0.1, 0.15) is 40.6 Å². The lowest BCUT2D eigenvalue weighted by Crippen LogP contribution is -2.46. The second kappa shape index (κ2) is 9.53. The van der Waals surface area contributed by atoms with Crippen LogP contribution < -0.4 is 4.74 Å². The smallest absolute Gasteiger partial charge is 0.256 e. The molecule has 32 heavy (non-hydrogen) atoms. The van der Waals surface area contributed by atoms with Crippen molar-refractivity contribution in [2.45, 2.75) is 25.3 Å². The Hall–Kier alpha value is -3.19. The van der Waals surface area contributed by atoms with Crippen LogP contribution in [-0.2, 0) is 6.42 Å². The Labute approximate surface area is 188 Å². The summed E-state index contributed by atoms with van der Waals surface area (Å²) in [6, 6.07) is 13.6. The van der Waals surface area contributed by atoms with Gasteiger partial charge in [0.05, 0.1) is 23.6 Å².